The quantitative estimate of drug-likeness (QED) is 0.802. The molecule has 1 aromatic heterocycles. The lowest BCUT2D eigenvalue weighted by Crippen LogP contribution is -1.86. The van der Waals surface area contributed by atoms with E-state index < -0.39 is 0 Å². The maximum atomic E-state index is 10.6. The van der Waals surface area contributed by atoms with Crippen LogP contribution in [-0.4, -0.2) is 15.6 Å². The Bertz CT molecular complexity index is 616. The van der Waals surface area contributed by atoms with Gasteiger partial charge in [-0.2, -0.15) is 9.64 Å². The molecule has 4 nitrogen and oxygen atoms in total. The van der Waals surface area contributed by atoms with Crippen LogP contribution in [0.1, 0.15) is 28.7 Å². The van der Waals surface area contributed by atoms with Gasteiger partial charge in [0.2, 0.25) is 0 Å². The summed E-state index contributed by atoms with van der Waals surface area (Å²) in [5.41, 5.74) is 0.986. The van der Waals surface area contributed by atoms with Crippen molar-refractivity contribution in [3.05, 3.63) is 35.2 Å². The van der Waals surface area contributed by atoms with Gasteiger partial charge in [-0.15, -0.1) is 0 Å². The highest BCUT2D eigenvalue weighted by atomic mass is 32.2. The minimum atomic E-state index is 0.484. The molecular weight excluding hydrogens is 266 g/mol. The summed E-state index contributed by atoms with van der Waals surface area (Å²) in [4.78, 5) is 15.8. The van der Waals surface area contributed by atoms with Crippen molar-refractivity contribution in [1.82, 2.24) is 9.36 Å². The zero-order valence-electron chi connectivity index (χ0n) is 9.58. The van der Waals surface area contributed by atoms with Crippen LogP contribution in [0.5, 0.6) is 0 Å². The van der Waals surface area contributed by atoms with Gasteiger partial charge in [-0.1, -0.05) is 24.8 Å². The zero-order valence-corrected chi connectivity index (χ0v) is 11.2. The number of aldehydes is 1. The fraction of sp³-hybridized carbons (Fsp3) is 0.167. The van der Waals surface area contributed by atoms with E-state index in [2.05, 4.69) is 15.4 Å². The van der Waals surface area contributed by atoms with Gasteiger partial charge in [0.25, 0.3) is 0 Å². The molecule has 1 heterocycles. The first-order chi connectivity index (χ1) is 8.76. The maximum absolute atomic E-state index is 10.6. The molecule has 18 heavy (non-hydrogen) atoms. The first kappa shape index (κ1) is 12.7. The zero-order chi connectivity index (χ0) is 13.0. The predicted molar refractivity (Wildman–Crippen MR) is 70.0 cm³/mol. The molecule has 0 radical (unpaired) electrons. The van der Waals surface area contributed by atoms with E-state index in [1.807, 2.05) is 6.92 Å². The Labute approximate surface area is 113 Å². The summed E-state index contributed by atoms with van der Waals surface area (Å²) in [7, 11) is 0. The number of rotatable bonds is 4. The summed E-state index contributed by atoms with van der Waals surface area (Å²) in [6, 6.07) is 7.12. The molecule has 0 bridgehead atoms. The van der Waals surface area contributed by atoms with Crippen LogP contribution >= 0.6 is 23.3 Å². The third-order valence-corrected chi connectivity index (χ3v) is 4.09. The predicted octanol–water partition coefficient (Wildman–Crippen LogP) is 2.94. The van der Waals surface area contributed by atoms with Crippen LogP contribution < -0.4 is 0 Å². The number of benzene rings is 1. The van der Waals surface area contributed by atoms with E-state index in [0.717, 1.165) is 27.8 Å². The van der Waals surface area contributed by atoms with E-state index in [1.165, 1.54) is 23.3 Å². The van der Waals surface area contributed by atoms with Crippen molar-refractivity contribution in [3.63, 3.8) is 0 Å². The molecular formula is C12H9N3OS2. The number of carbonyl (C=O) groups is 1. The second-order valence-corrected chi connectivity index (χ2v) is 5.46. The Hall–Kier alpha value is -1.71. The summed E-state index contributed by atoms with van der Waals surface area (Å²) < 4.78 is 5.00. The molecule has 1 aromatic carbocycles. The SMILES string of the molecule is CCc1nsc(Sc2ccc(C=O)cc2C#N)n1. The first-order valence-corrected chi connectivity index (χ1v) is 6.85. The molecule has 0 saturated heterocycles. The Morgan fingerprint density at radius 3 is 3.00 bits per heavy atom. The molecule has 0 aliphatic heterocycles. The molecule has 90 valence electrons. The minimum absolute atomic E-state index is 0.484. The average molecular weight is 275 g/mol. The van der Waals surface area contributed by atoms with Crippen LogP contribution in [0.25, 0.3) is 0 Å². The molecule has 0 N–H and O–H groups in total. The van der Waals surface area contributed by atoms with E-state index >= 15 is 0 Å². The van der Waals surface area contributed by atoms with Crippen molar-refractivity contribution in [1.29, 1.82) is 5.26 Å². The summed E-state index contributed by atoms with van der Waals surface area (Å²) in [6.07, 6.45) is 1.53. The molecule has 0 amide bonds. The second kappa shape index (κ2) is 5.76. The van der Waals surface area contributed by atoms with Gasteiger partial charge in [0.15, 0.2) is 4.34 Å². The monoisotopic (exact) mass is 275 g/mol. The lowest BCUT2D eigenvalue weighted by molar-refractivity contribution is 0.112. The number of carbonyl (C=O) groups excluding carboxylic acids is 1. The van der Waals surface area contributed by atoms with Crippen LogP contribution in [0.3, 0.4) is 0 Å². The van der Waals surface area contributed by atoms with Crippen molar-refractivity contribution in [3.8, 4) is 6.07 Å². The topological polar surface area (TPSA) is 66.6 Å². The van der Waals surface area contributed by atoms with E-state index in [0.29, 0.717) is 11.1 Å². The summed E-state index contributed by atoms with van der Waals surface area (Å²) in [5, 5.41) is 9.06. The van der Waals surface area contributed by atoms with Crippen LogP contribution in [0.15, 0.2) is 27.4 Å². The van der Waals surface area contributed by atoms with Crippen molar-refractivity contribution >= 4 is 29.6 Å². The Morgan fingerprint density at radius 2 is 2.39 bits per heavy atom. The largest absolute Gasteiger partial charge is 0.298 e. The molecule has 0 spiro atoms. The normalized spacial score (nSPS) is 10.0. The average Bonchev–Trinajstić information content (AvgIpc) is 2.87. The molecule has 2 aromatic rings. The van der Waals surface area contributed by atoms with Crippen molar-refractivity contribution in [2.24, 2.45) is 0 Å². The Morgan fingerprint density at radius 1 is 1.56 bits per heavy atom. The molecule has 0 fully saturated rings. The Kier molecular flexibility index (Phi) is 4.07. The molecule has 0 unspecified atom stereocenters. The van der Waals surface area contributed by atoms with Gasteiger partial charge in [0.05, 0.1) is 5.56 Å². The Balaban J connectivity index is 2.28. The lowest BCUT2D eigenvalue weighted by atomic mass is 10.1. The van der Waals surface area contributed by atoms with Gasteiger partial charge in [0, 0.05) is 16.9 Å². The summed E-state index contributed by atoms with van der Waals surface area (Å²) in [6.45, 7) is 2.00. The number of nitrogens with zero attached hydrogens (tertiary/aromatic N) is 3. The van der Waals surface area contributed by atoms with Crippen molar-refractivity contribution < 1.29 is 4.79 Å². The molecule has 0 atom stereocenters. The standard InChI is InChI=1S/C12H9N3OS2/c1-2-11-14-12(18-15-11)17-10-4-3-8(7-16)5-9(10)6-13/h3-5,7H,2H2,1H3. The number of hydrogen-bond donors (Lipinski definition) is 0. The van der Waals surface area contributed by atoms with Crippen LogP contribution in [0, 0.1) is 11.3 Å². The smallest absolute Gasteiger partial charge is 0.174 e. The van der Waals surface area contributed by atoms with Crippen LogP contribution in [0.2, 0.25) is 0 Å². The third-order valence-electron chi connectivity index (χ3n) is 2.22. The molecule has 6 heteroatoms. The number of aryl methyl sites for hydroxylation is 1. The fourth-order valence-corrected chi connectivity index (χ4v) is 3.03. The van der Waals surface area contributed by atoms with Crippen molar-refractivity contribution in [2.45, 2.75) is 22.6 Å². The first-order valence-electron chi connectivity index (χ1n) is 5.26. The van der Waals surface area contributed by atoms with Crippen LogP contribution in [0.4, 0.5) is 0 Å². The molecule has 2 rings (SSSR count). The number of aromatic nitrogens is 2. The van der Waals surface area contributed by atoms with E-state index in [9.17, 15) is 4.79 Å². The molecule has 0 aliphatic carbocycles. The highest BCUT2D eigenvalue weighted by molar-refractivity contribution is 8.01. The summed E-state index contributed by atoms with van der Waals surface area (Å²) in [5.74, 6) is 0.811. The third kappa shape index (κ3) is 2.75. The van der Waals surface area contributed by atoms with E-state index in [4.69, 9.17) is 5.26 Å². The highest BCUT2D eigenvalue weighted by Crippen LogP contribution is 2.31. The van der Waals surface area contributed by atoms with Gasteiger partial charge in [-0.25, -0.2) is 4.98 Å². The highest BCUT2D eigenvalue weighted by Gasteiger charge is 2.09. The number of hydrogen-bond acceptors (Lipinski definition) is 6. The molecule has 0 aliphatic rings. The fourth-order valence-electron chi connectivity index (χ4n) is 1.31. The van der Waals surface area contributed by atoms with Crippen LogP contribution in [-0.2, 0) is 6.42 Å². The number of nitriles is 1. The lowest BCUT2D eigenvalue weighted by Gasteiger charge is -2.00. The van der Waals surface area contributed by atoms with E-state index in [1.54, 1.807) is 18.2 Å². The maximum Gasteiger partial charge on any atom is 0.174 e. The van der Waals surface area contributed by atoms with Gasteiger partial charge < -0.3 is 0 Å². The van der Waals surface area contributed by atoms with Gasteiger partial charge >= 0.3 is 0 Å². The van der Waals surface area contributed by atoms with Gasteiger partial charge in [-0.05, 0) is 23.7 Å². The minimum Gasteiger partial charge on any atom is -0.298 e. The van der Waals surface area contributed by atoms with E-state index in [-0.39, 0.29) is 0 Å². The molecule has 0 saturated carbocycles. The second-order valence-electron chi connectivity index (χ2n) is 3.42. The summed E-state index contributed by atoms with van der Waals surface area (Å²) >= 11 is 2.72. The van der Waals surface area contributed by atoms with Crippen molar-refractivity contribution in [2.75, 3.05) is 0 Å². The van der Waals surface area contributed by atoms with Gasteiger partial charge in [0.1, 0.15) is 18.2 Å². The van der Waals surface area contributed by atoms with Gasteiger partial charge in [-0.3, -0.25) is 4.79 Å².